The van der Waals surface area contributed by atoms with Gasteiger partial charge in [-0.1, -0.05) is 29.5 Å². The van der Waals surface area contributed by atoms with E-state index in [4.69, 9.17) is 9.47 Å². The summed E-state index contributed by atoms with van der Waals surface area (Å²) in [4.78, 5) is 14.5. The van der Waals surface area contributed by atoms with Crippen molar-refractivity contribution in [3.63, 3.8) is 0 Å². The van der Waals surface area contributed by atoms with E-state index in [0.717, 1.165) is 17.0 Å². The molecule has 138 valence electrons. The van der Waals surface area contributed by atoms with Crippen molar-refractivity contribution in [2.45, 2.75) is 13.0 Å². The molecule has 0 fully saturated rings. The molecule has 1 aromatic heterocycles. The number of carbonyl (C=O) groups is 1. The molecular formula is C20H20N4O3. The smallest absolute Gasteiger partial charge is 0.276 e. The lowest BCUT2D eigenvalue weighted by atomic mass is 10.1. The average Bonchev–Trinajstić information content (AvgIpc) is 3.22. The van der Waals surface area contributed by atoms with Crippen LogP contribution in [0.3, 0.4) is 0 Å². The molecule has 7 nitrogen and oxygen atoms in total. The van der Waals surface area contributed by atoms with Crippen LogP contribution in [0.1, 0.15) is 29.0 Å². The summed E-state index contributed by atoms with van der Waals surface area (Å²) in [5, 5.41) is 8.10. The zero-order valence-electron chi connectivity index (χ0n) is 15.2. The van der Waals surface area contributed by atoms with Gasteiger partial charge in [0.25, 0.3) is 5.91 Å². The second-order valence-electron chi connectivity index (χ2n) is 6.38. The highest BCUT2D eigenvalue weighted by atomic mass is 16.6. The minimum Gasteiger partial charge on any atom is -0.486 e. The summed E-state index contributed by atoms with van der Waals surface area (Å²) in [6.07, 6.45) is 1.64. The van der Waals surface area contributed by atoms with E-state index in [1.54, 1.807) is 22.8 Å². The molecule has 0 saturated heterocycles. The van der Waals surface area contributed by atoms with Crippen LogP contribution < -0.4 is 9.47 Å². The molecule has 7 heteroatoms. The summed E-state index contributed by atoms with van der Waals surface area (Å²) in [6, 6.07) is 15.2. The Morgan fingerprint density at radius 3 is 2.63 bits per heavy atom. The van der Waals surface area contributed by atoms with Crippen LogP contribution in [0.2, 0.25) is 0 Å². The highest BCUT2D eigenvalue weighted by Crippen LogP contribution is 2.34. The third-order valence-electron chi connectivity index (χ3n) is 4.68. The number of carbonyl (C=O) groups excluding carboxylic acids is 1. The molecule has 1 aliphatic heterocycles. The van der Waals surface area contributed by atoms with E-state index in [0.29, 0.717) is 24.7 Å². The molecular weight excluding hydrogens is 344 g/mol. The number of fused-ring (bicyclic) bond motifs is 1. The maximum Gasteiger partial charge on any atom is 0.276 e. The van der Waals surface area contributed by atoms with Crippen molar-refractivity contribution in [1.82, 2.24) is 19.9 Å². The van der Waals surface area contributed by atoms with E-state index >= 15 is 0 Å². The van der Waals surface area contributed by atoms with Crippen LogP contribution in [-0.4, -0.2) is 46.1 Å². The molecule has 0 aliphatic carbocycles. The van der Waals surface area contributed by atoms with Gasteiger partial charge in [0.2, 0.25) is 0 Å². The minimum atomic E-state index is -0.195. The van der Waals surface area contributed by atoms with Gasteiger partial charge in [-0.3, -0.25) is 4.79 Å². The number of rotatable bonds is 4. The van der Waals surface area contributed by atoms with Gasteiger partial charge in [-0.2, -0.15) is 0 Å². The Morgan fingerprint density at radius 2 is 1.85 bits per heavy atom. The number of amides is 1. The summed E-state index contributed by atoms with van der Waals surface area (Å²) < 4.78 is 12.8. The van der Waals surface area contributed by atoms with Crippen LogP contribution in [-0.2, 0) is 0 Å². The van der Waals surface area contributed by atoms with E-state index in [-0.39, 0.29) is 11.9 Å². The molecule has 0 spiro atoms. The van der Waals surface area contributed by atoms with E-state index in [2.05, 4.69) is 10.3 Å². The van der Waals surface area contributed by atoms with Crippen molar-refractivity contribution in [3.8, 4) is 17.2 Å². The van der Waals surface area contributed by atoms with Crippen LogP contribution in [0.4, 0.5) is 0 Å². The number of nitrogens with zero attached hydrogens (tertiary/aromatic N) is 4. The third-order valence-corrected chi connectivity index (χ3v) is 4.68. The summed E-state index contributed by atoms with van der Waals surface area (Å²) in [5.74, 6) is 1.25. The first kappa shape index (κ1) is 17.1. The predicted molar refractivity (Wildman–Crippen MR) is 99.3 cm³/mol. The molecule has 0 N–H and O–H groups in total. The van der Waals surface area contributed by atoms with E-state index in [1.807, 2.05) is 55.5 Å². The maximum atomic E-state index is 12.8. The molecule has 4 rings (SSSR count). The Hall–Kier alpha value is -3.35. The average molecular weight is 364 g/mol. The van der Waals surface area contributed by atoms with E-state index in [1.165, 1.54) is 0 Å². The predicted octanol–water partition coefficient (Wildman–Crippen LogP) is 2.87. The van der Waals surface area contributed by atoms with E-state index in [9.17, 15) is 4.79 Å². The van der Waals surface area contributed by atoms with Gasteiger partial charge in [0.15, 0.2) is 17.2 Å². The fraction of sp³-hybridized carbons (Fsp3) is 0.250. The Bertz CT molecular complexity index is 955. The van der Waals surface area contributed by atoms with Gasteiger partial charge >= 0.3 is 0 Å². The number of para-hydroxylation sites is 1. The number of hydrogen-bond acceptors (Lipinski definition) is 5. The van der Waals surface area contributed by atoms with Gasteiger partial charge in [0, 0.05) is 7.05 Å². The third kappa shape index (κ3) is 3.36. The summed E-state index contributed by atoms with van der Waals surface area (Å²) in [5.41, 5.74) is 2.11. The van der Waals surface area contributed by atoms with Gasteiger partial charge in [0.05, 0.1) is 17.9 Å². The Morgan fingerprint density at radius 1 is 1.11 bits per heavy atom. The zero-order valence-corrected chi connectivity index (χ0v) is 15.2. The highest BCUT2D eigenvalue weighted by molar-refractivity contribution is 5.92. The van der Waals surface area contributed by atoms with Crippen LogP contribution in [0.25, 0.3) is 5.69 Å². The molecule has 0 radical (unpaired) electrons. The first-order chi connectivity index (χ1) is 13.1. The summed E-state index contributed by atoms with van der Waals surface area (Å²) in [7, 11) is 1.76. The van der Waals surface area contributed by atoms with Gasteiger partial charge < -0.3 is 14.4 Å². The van der Waals surface area contributed by atoms with Crippen molar-refractivity contribution in [2.75, 3.05) is 20.3 Å². The Balaban J connectivity index is 1.53. The monoisotopic (exact) mass is 364 g/mol. The van der Waals surface area contributed by atoms with Crippen molar-refractivity contribution in [2.24, 2.45) is 0 Å². The van der Waals surface area contributed by atoms with Gasteiger partial charge in [-0.25, -0.2) is 4.68 Å². The second kappa shape index (κ2) is 7.11. The number of ether oxygens (including phenoxy) is 2. The molecule has 2 heterocycles. The summed E-state index contributed by atoms with van der Waals surface area (Å²) >= 11 is 0. The maximum absolute atomic E-state index is 12.8. The van der Waals surface area contributed by atoms with Crippen molar-refractivity contribution < 1.29 is 14.3 Å². The molecule has 1 aliphatic rings. The molecule has 0 unspecified atom stereocenters. The van der Waals surface area contributed by atoms with Gasteiger partial charge in [-0.05, 0) is 36.8 Å². The molecule has 0 bridgehead atoms. The fourth-order valence-electron chi connectivity index (χ4n) is 2.97. The van der Waals surface area contributed by atoms with Gasteiger partial charge in [-0.15, -0.1) is 5.10 Å². The molecule has 2 aromatic carbocycles. The Kier molecular flexibility index (Phi) is 4.50. The van der Waals surface area contributed by atoms with Crippen LogP contribution in [0.15, 0.2) is 54.7 Å². The van der Waals surface area contributed by atoms with E-state index < -0.39 is 0 Å². The van der Waals surface area contributed by atoms with Crippen LogP contribution >= 0.6 is 0 Å². The first-order valence-electron chi connectivity index (χ1n) is 8.78. The quantitative estimate of drug-likeness (QED) is 0.712. The standard InChI is InChI=1S/C20H20N4O3/c1-14(15-8-9-18-19(12-15)27-11-10-26-18)23(2)20(25)17-13-24(22-21-17)16-6-4-3-5-7-16/h3-9,12-14H,10-11H2,1-2H3/t14-/m1/s1. The molecule has 1 amide bonds. The van der Waals surface area contributed by atoms with Crippen LogP contribution in [0, 0.1) is 0 Å². The lowest BCUT2D eigenvalue weighted by Crippen LogP contribution is -2.30. The van der Waals surface area contributed by atoms with Crippen molar-refractivity contribution in [3.05, 3.63) is 66.0 Å². The molecule has 0 saturated carbocycles. The Labute approximate surface area is 157 Å². The lowest BCUT2D eigenvalue weighted by Gasteiger charge is -2.26. The van der Waals surface area contributed by atoms with Crippen molar-refractivity contribution in [1.29, 1.82) is 0 Å². The second-order valence-corrected chi connectivity index (χ2v) is 6.38. The summed E-state index contributed by atoms with van der Waals surface area (Å²) in [6.45, 7) is 3.05. The van der Waals surface area contributed by atoms with Crippen LogP contribution in [0.5, 0.6) is 11.5 Å². The molecule has 27 heavy (non-hydrogen) atoms. The topological polar surface area (TPSA) is 69.5 Å². The number of aromatic nitrogens is 3. The van der Waals surface area contributed by atoms with Gasteiger partial charge in [0.1, 0.15) is 13.2 Å². The van der Waals surface area contributed by atoms with Crippen molar-refractivity contribution >= 4 is 5.91 Å². The number of benzene rings is 2. The molecule has 1 atom stereocenters. The normalized spacial score (nSPS) is 13.9. The largest absolute Gasteiger partial charge is 0.486 e. The zero-order chi connectivity index (χ0) is 18.8. The highest BCUT2D eigenvalue weighted by Gasteiger charge is 2.23. The SMILES string of the molecule is C[C@H](c1ccc2c(c1)OCCO2)N(C)C(=O)c1cn(-c2ccccc2)nn1. The molecule has 3 aromatic rings. The fourth-order valence-corrected chi connectivity index (χ4v) is 2.97. The number of hydrogen-bond donors (Lipinski definition) is 0. The first-order valence-corrected chi connectivity index (χ1v) is 8.78. The minimum absolute atomic E-state index is 0.157. The lowest BCUT2D eigenvalue weighted by molar-refractivity contribution is 0.0736.